The smallest absolute Gasteiger partial charge is 0.177 e. The fourth-order valence-corrected chi connectivity index (χ4v) is 3.77. The molecule has 1 heterocycles. The number of para-hydroxylation sites is 1. The molecule has 2 nitrogen and oxygen atoms in total. The van der Waals surface area contributed by atoms with Crippen LogP contribution in [0.2, 0.25) is 0 Å². The van der Waals surface area contributed by atoms with Gasteiger partial charge in [0.25, 0.3) is 0 Å². The van der Waals surface area contributed by atoms with Gasteiger partial charge in [0, 0.05) is 16.9 Å². The molecule has 0 bridgehead atoms. The standard InChI is InChI=1S/C16H16O2S/c1-18-14-7-3-2-5-11(14)9-13(17)16-10-12-6-4-8-15(12)19-16/h2-3,5,7,10H,4,6,8-9H2,1H3. The van der Waals surface area contributed by atoms with E-state index in [1.165, 1.54) is 16.9 Å². The number of thiophene rings is 1. The lowest BCUT2D eigenvalue weighted by atomic mass is 10.1. The van der Waals surface area contributed by atoms with E-state index < -0.39 is 0 Å². The number of hydrogen-bond acceptors (Lipinski definition) is 3. The van der Waals surface area contributed by atoms with Crippen molar-refractivity contribution in [1.29, 1.82) is 0 Å². The Balaban J connectivity index is 1.80. The predicted octanol–water partition coefficient (Wildman–Crippen LogP) is 3.67. The molecule has 19 heavy (non-hydrogen) atoms. The van der Waals surface area contributed by atoms with Gasteiger partial charge >= 0.3 is 0 Å². The van der Waals surface area contributed by atoms with Crippen molar-refractivity contribution in [2.45, 2.75) is 25.7 Å². The van der Waals surface area contributed by atoms with Gasteiger partial charge in [-0.1, -0.05) is 18.2 Å². The molecule has 0 amide bonds. The van der Waals surface area contributed by atoms with E-state index in [4.69, 9.17) is 4.74 Å². The maximum atomic E-state index is 12.3. The third-order valence-electron chi connectivity index (χ3n) is 3.56. The highest BCUT2D eigenvalue weighted by Gasteiger charge is 2.19. The summed E-state index contributed by atoms with van der Waals surface area (Å²) in [6.45, 7) is 0. The summed E-state index contributed by atoms with van der Waals surface area (Å²) in [5.74, 6) is 0.990. The minimum atomic E-state index is 0.198. The number of ketones is 1. The van der Waals surface area contributed by atoms with E-state index in [-0.39, 0.29) is 5.78 Å². The zero-order valence-electron chi connectivity index (χ0n) is 10.9. The maximum absolute atomic E-state index is 12.3. The molecule has 1 aliphatic carbocycles. The Morgan fingerprint density at radius 2 is 2.16 bits per heavy atom. The average molecular weight is 272 g/mol. The second kappa shape index (κ2) is 5.17. The Morgan fingerprint density at radius 3 is 2.95 bits per heavy atom. The number of carbonyl (C=O) groups excluding carboxylic acids is 1. The topological polar surface area (TPSA) is 26.3 Å². The third-order valence-corrected chi connectivity index (χ3v) is 4.84. The molecule has 0 aliphatic heterocycles. The Bertz CT molecular complexity index is 591. The average Bonchev–Trinajstić information content (AvgIpc) is 3.00. The summed E-state index contributed by atoms with van der Waals surface area (Å²) >= 11 is 1.67. The van der Waals surface area contributed by atoms with Gasteiger partial charge in [0.15, 0.2) is 5.78 Å². The third kappa shape index (κ3) is 2.43. The second-order valence-corrected chi connectivity index (χ2v) is 5.96. The van der Waals surface area contributed by atoms with E-state index in [2.05, 4.69) is 6.07 Å². The van der Waals surface area contributed by atoms with Crippen molar-refractivity contribution in [1.82, 2.24) is 0 Å². The van der Waals surface area contributed by atoms with Crippen LogP contribution in [0.1, 0.15) is 32.1 Å². The number of rotatable bonds is 4. The molecular weight excluding hydrogens is 256 g/mol. The van der Waals surface area contributed by atoms with Crippen molar-refractivity contribution in [3.05, 3.63) is 51.2 Å². The molecule has 1 aromatic heterocycles. The van der Waals surface area contributed by atoms with Gasteiger partial charge in [-0.05, 0) is 37.0 Å². The number of carbonyl (C=O) groups is 1. The van der Waals surface area contributed by atoms with Gasteiger partial charge in [0.05, 0.1) is 12.0 Å². The Morgan fingerprint density at radius 1 is 1.32 bits per heavy atom. The number of hydrogen-bond donors (Lipinski definition) is 0. The van der Waals surface area contributed by atoms with Crippen LogP contribution in [0.15, 0.2) is 30.3 Å². The first-order valence-corrected chi connectivity index (χ1v) is 7.36. The van der Waals surface area contributed by atoms with E-state index in [0.717, 1.165) is 29.0 Å². The predicted molar refractivity (Wildman–Crippen MR) is 77.4 cm³/mol. The number of Topliss-reactive ketones (excluding diaryl/α,β-unsaturated/α-hetero) is 1. The number of benzene rings is 1. The van der Waals surface area contributed by atoms with Crippen LogP contribution < -0.4 is 4.74 Å². The lowest BCUT2D eigenvalue weighted by Gasteiger charge is -2.06. The molecular formula is C16H16O2S. The van der Waals surface area contributed by atoms with Gasteiger partial charge in [-0.3, -0.25) is 4.79 Å². The Hall–Kier alpha value is -1.61. The van der Waals surface area contributed by atoms with E-state index in [0.29, 0.717) is 6.42 Å². The highest BCUT2D eigenvalue weighted by Crippen LogP contribution is 2.31. The van der Waals surface area contributed by atoms with Crippen molar-refractivity contribution in [2.24, 2.45) is 0 Å². The van der Waals surface area contributed by atoms with Crippen LogP contribution in [-0.4, -0.2) is 12.9 Å². The Kier molecular flexibility index (Phi) is 3.38. The SMILES string of the molecule is COc1ccccc1CC(=O)c1cc2c(s1)CCC2. The first-order chi connectivity index (χ1) is 9.28. The minimum Gasteiger partial charge on any atom is -0.496 e. The first kappa shape index (κ1) is 12.4. The Labute approximate surface area is 117 Å². The van der Waals surface area contributed by atoms with Crippen molar-refractivity contribution in [3.8, 4) is 5.75 Å². The van der Waals surface area contributed by atoms with Gasteiger partial charge < -0.3 is 4.74 Å². The lowest BCUT2D eigenvalue weighted by molar-refractivity contribution is 0.0996. The van der Waals surface area contributed by atoms with E-state index in [9.17, 15) is 4.79 Å². The fourth-order valence-electron chi connectivity index (χ4n) is 2.58. The van der Waals surface area contributed by atoms with Gasteiger partial charge in [0.1, 0.15) is 5.75 Å². The van der Waals surface area contributed by atoms with Crippen LogP contribution in [0, 0.1) is 0 Å². The molecule has 0 atom stereocenters. The van der Waals surface area contributed by atoms with Crippen LogP contribution >= 0.6 is 11.3 Å². The second-order valence-electron chi connectivity index (χ2n) is 4.82. The zero-order chi connectivity index (χ0) is 13.2. The van der Waals surface area contributed by atoms with Crippen LogP contribution in [0.3, 0.4) is 0 Å². The monoisotopic (exact) mass is 272 g/mol. The van der Waals surface area contributed by atoms with Crippen molar-refractivity contribution in [2.75, 3.05) is 7.11 Å². The summed E-state index contributed by atoms with van der Waals surface area (Å²) in [6, 6.07) is 9.81. The van der Waals surface area contributed by atoms with Crippen LogP contribution in [0.4, 0.5) is 0 Å². The summed E-state index contributed by atoms with van der Waals surface area (Å²) in [5.41, 5.74) is 2.34. The molecule has 0 saturated carbocycles. The molecule has 0 saturated heterocycles. The van der Waals surface area contributed by atoms with E-state index in [1.54, 1.807) is 18.4 Å². The maximum Gasteiger partial charge on any atom is 0.177 e. The summed E-state index contributed by atoms with van der Waals surface area (Å²) in [6.07, 6.45) is 3.93. The highest BCUT2D eigenvalue weighted by atomic mass is 32.1. The molecule has 0 N–H and O–H groups in total. The van der Waals surface area contributed by atoms with Crippen LogP contribution in [0.5, 0.6) is 5.75 Å². The summed E-state index contributed by atoms with van der Waals surface area (Å²) in [4.78, 5) is 14.6. The molecule has 3 heteroatoms. The van der Waals surface area contributed by atoms with E-state index in [1.807, 2.05) is 24.3 Å². The van der Waals surface area contributed by atoms with Gasteiger partial charge in [-0.2, -0.15) is 0 Å². The molecule has 2 aromatic rings. The first-order valence-electron chi connectivity index (χ1n) is 6.54. The van der Waals surface area contributed by atoms with Crippen molar-refractivity contribution < 1.29 is 9.53 Å². The summed E-state index contributed by atoms with van der Waals surface area (Å²) in [5, 5.41) is 0. The number of aryl methyl sites for hydroxylation is 2. The highest BCUT2D eigenvalue weighted by molar-refractivity contribution is 7.14. The molecule has 0 unspecified atom stereocenters. The minimum absolute atomic E-state index is 0.198. The van der Waals surface area contributed by atoms with E-state index >= 15 is 0 Å². The van der Waals surface area contributed by atoms with Crippen molar-refractivity contribution >= 4 is 17.1 Å². The molecule has 98 valence electrons. The normalized spacial score (nSPS) is 13.3. The zero-order valence-corrected chi connectivity index (χ0v) is 11.8. The number of ether oxygens (including phenoxy) is 1. The lowest BCUT2D eigenvalue weighted by Crippen LogP contribution is -2.03. The van der Waals surface area contributed by atoms with Gasteiger partial charge in [-0.15, -0.1) is 11.3 Å². The number of methoxy groups -OCH3 is 1. The summed E-state index contributed by atoms with van der Waals surface area (Å²) in [7, 11) is 1.64. The summed E-state index contributed by atoms with van der Waals surface area (Å²) < 4.78 is 5.29. The molecule has 0 radical (unpaired) electrons. The molecule has 3 rings (SSSR count). The largest absolute Gasteiger partial charge is 0.496 e. The molecule has 0 fully saturated rings. The van der Waals surface area contributed by atoms with Crippen LogP contribution in [0.25, 0.3) is 0 Å². The number of fused-ring (bicyclic) bond motifs is 1. The molecule has 0 spiro atoms. The van der Waals surface area contributed by atoms with Crippen LogP contribution in [-0.2, 0) is 19.3 Å². The van der Waals surface area contributed by atoms with Gasteiger partial charge in [-0.25, -0.2) is 0 Å². The van der Waals surface area contributed by atoms with Crippen molar-refractivity contribution in [3.63, 3.8) is 0 Å². The molecule has 1 aromatic carbocycles. The van der Waals surface area contributed by atoms with Gasteiger partial charge in [0.2, 0.25) is 0 Å². The fraction of sp³-hybridized carbons (Fsp3) is 0.312. The quantitative estimate of drug-likeness (QED) is 0.794. The molecule has 1 aliphatic rings.